The average Bonchev–Trinajstić information content (AvgIpc) is 3.67. The molecule has 7 atom stereocenters. The number of benzene rings is 3. The van der Waals surface area contributed by atoms with Crippen LogP contribution in [0, 0.1) is 0 Å². The molecular weight excluding hydrogens is 819 g/mol. The lowest BCUT2D eigenvalue weighted by molar-refractivity contribution is -0.136. The highest BCUT2D eigenvalue weighted by atomic mass is 32.2. The van der Waals surface area contributed by atoms with Crippen molar-refractivity contribution >= 4 is 64.0 Å². The number of hydrogen-bond acceptors (Lipinski definition) is 11. The maximum Gasteiger partial charge on any atom is 0.245 e. The molecular formula is C43H55N9O9S. The van der Waals surface area contributed by atoms with Gasteiger partial charge >= 0.3 is 0 Å². The first-order valence-electron chi connectivity index (χ1n) is 19.9. The van der Waals surface area contributed by atoms with E-state index in [4.69, 9.17) is 11.5 Å². The van der Waals surface area contributed by atoms with Crippen LogP contribution < -0.4 is 43.4 Å². The van der Waals surface area contributed by atoms with Crippen molar-refractivity contribution in [3.05, 3.63) is 108 Å². The second kappa shape index (κ2) is 24.2. The summed E-state index contributed by atoms with van der Waals surface area (Å²) in [5.41, 5.74) is 14.1. The summed E-state index contributed by atoms with van der Waals surface area (Å²) < 4.78 is 0. The Hall–Kier alpha value is -6.28. The number of aliphatic hydroxyl groups excluding tert-OH is 2. The van der Waals surface area contributed by atoms with Crippen LogP contribution in [0.4, 0.5) is 0 Å². The molecule has 0 aliphatic heterocycles. The number of H-pyrrole nitrogens is 1. The third-order valence-electron chi connectivity index (χ3n) is 9.84. The number of nitrogens with two attached hydrogens (primary N) is 2. The molecule has 0 unspecified atom stereocenters. The van der Waals surface area contributed by atoms with Gasteiger partial charge in [-0.1, -0.05) is 78.9 Å². The zero-order valence-electron chi connectivity index (χ0n) is 34.5. The number of amides is 7. The Morgan fingerprint density at radius 3 is 1.77 bits per heavy atom. The minimum atomic E-state index is -1.67. The summed E-state index contributed by atoms with van der Waals surface area (Å²) in [6, 6.07) is 16.8. The van der Waals surface area contributed by atoms with E-state index < -0.39 is 96.9 Å². The molecule has 0 spiro atoms. The molecule has 0 saturated heterocycles. The normalized spacial score (nSPS) is 14.5. The van der Waals surface area contributed by atoms with Crippen molar-refractivity contribution in [2.75, 3.05) is 25.2 Å². The number of carbonyl (C=O) groups is 7. The Kier molecular flexibility index (Phi) is 18.9. The van der Waals surface area contributed by atoms with Crippen LogP contribution in [0.15, 0.2) is 91.1 Å². The maximum absolute atomic E-state index is 14.4. The van der Waals surface area contributed by atoms with Gasteiger partial charge in [0.05, 0.1) is 25.3 Å². The van der Waals surface area contributed by atoms with Gasteiger partial charge in [0.25, 0.3) is 0 Å². The number of aliphatic hydroxyl groups is 2. The summed E-state index contributed by atoms with van der Waals surface area (Å²) in [4.78, 5) is 96.3. The Bertz CT molecular complexity index is 2140. The lowest BCUT2D eigenvalue weighted by atomic mass is 10.0. The molecule has 7 amide bonds. The van der Waals surface area contributed by atoms with Crippen LogP contribution in [0.1, 0.15) is 30.0 Å². The van der Waals surface area contributed by atoms with Crippen molar-refractivity contribution < 1.29 is 43.8 Å². The van der Waals surface area contributed by atoms with E-state index in [1.807, 2.05) is 24.5 Å². The van der Waals surface area contributed by atoms with E-state index in [-0.39, 0.29) is 25.7 Å². The van der Waals surface area contributed by atoms with Gasteiger partial charge in [-0.25, -0.2) is 0 Å². The van der Waals surface area contributed by atoms with Crippen molar-refractivity contribution in [2.24, 2.45) is 11.5 Å². The van der Waals surface area contributed by atoms with Crippen molar-refractivity contribution in [3.63, 3.8) is 0 Å². The van der Waals surface area contributed by atoms with Gasteiger partial charge in [-0.2, -0.15) is 11.8 Å². The zero-order chi connectivity index (χ0) is 45.2. The van der Waals surface area contributed by atoms with Gasteiger partial charge in [-0.3, -0.25) is 33.6 Å². The van der Waals surface area contributed by atoms with Gasteiger partial charge < -0.3 is 58.6 Å². The van der Waals surface area contributed by atoms with Gasteiger partial charge in [0.1, 0.15) is 30.2 Å². The van der Waals surface area contributed by atoms with E-state index in [1.165, 1.54) is 18.7 Å². The molecule has 0 bridgehead atoms. The standard InChI is InChI=1S/C43H55N9O9S/c1-25(54)37(52-38(56)30(44)19-26-11-5-3-6-12-26)43(61)51-35(24-53)42(60)50-34(21-28-22-46-31-16-10-9-15-29(28)31)41(59)49-33(20-27-13-7-4-8-14-27)40(58)48-32(17-18-62-2)39(57)47-23-36(45)55/h3-16,22,25,30,32-35,37,46,53-54H,17-21,23-24,44H2,1-2H3,(H2,45,55)(H,47,57)(H,48,58)(H,49,59)(H,50,60)(H,51,61)(H,52,56)/t25-,30+,32+,33+,34+,35+,37+/m1/s1. The highest BCUT2D eigenvalue weighted by Gasteiger charge is 2.34. The Balaban J connectivity index is 1.57. The van der Waals surface area contributed by atoms with Crippen molar-refractivity contribution in [2.45, 2.75) is 75.0 Å². The van der Waals surface area contributed by atoms with Crippen molar-refractivity contribution in [3.8, 4) is 0 Å². The first-order chi connectivity index (χ1) is 29.7. The second-order valence-corrected chi connectivity index (χ2v) is 15.7. The van der Waals surface area contributed by atoms with Crippen LogP contribution in [0.5, 0.6) is 0 Å². The zero-order valence-corrected chi connectivity index (χ0v) is 35.3. The molecule has 1 aromatic heterocycles. The first kappa shape index (κ1) is 48.4. The van der Waals surface area contributed by atoms with Gasteiger partial charge in [0.15, 0.2) is 0 Å². The van der Waals surface area contributed by atoms with E-state index in [0.29, 0.717) is 16.9 Å². The Morgan fingerprint density at radius 1 is 0.661 bits per heavy atom. The van der Waals surface area contributed by atoms with Gasteiger partial charge in [0.2, 0.25) is 41.4 Å². The van der Waals surface area contributed by atoms with Crippen LogP contribution in [0.2, 0.25) is 0 Å². The quantitative estimate of drug-likeness (QED) is 0.0392. The predicted molar refractivity (Wildman–Crippen MR) is 234 cm³/mol. The number of nitrogens with one attached hydrogen (secondary N) is 7. The SMILES string of the molecule is CSCC[C@H](NC(=O)[C@H](Cc1ccccc1)NC(=O)[C@H](Cc1c[nH]c2ccccc12)NC(=O)[C@H](CO)NC(=O)[C@@H](NC(=O)[C@@H](N)Cc1ccccc1)[C@@H](C)O)C(=O)NCC(N)=O. The topological polar surface area (TPSA) is 300 Å². The molecule has 0 aliphatic carbocycles. The van der Waals surface area contributed by atoms with Crippen LogP contribution >= 0.6 is 11.8 Å². The van der Waals surface area contributed by atoms with Gasteiger partial charge in [-0.15, -0.1) is 0 Å². The maximum atomic E-state index is 14.4. The Labute approximate surface area is 363 Å². The minimum absolute atomic E-state index is 0.0267. The molecule has 62 heavy (non-hydrogen) atoms. The summed E-state index contributed by atoms with van der Waals surface area (Å²) in [7, 11) is 0. The van der Waals surface area contributed by atoms with E-state index in [2.05, 4.69) is 36.9 Å². The van der Waals surface area contributed by atoms with Crippen LogP contribution in [0.25, 0.3) is 10.9 Å². The molecule has 0 radical (unpaired) electrons. The molecule has 332 valence electrons. The molecule has 0 saturated carbocycles. The molecule has 13 N–H and O–H groups in total. The summed E-state index contributed by atoms with van der Waals surface area (Å²) in [5.74, 6) is -5.25. The van der Waals surface area contributed by atoms with Gasteiger partial charge in [-0.05, 0) is 54.5 Å². The van der Waals surface area contributed by atoms with E-state index >= 15 is 0 Å². The third kappa shape index (κ3) is 14.7. The molecule has 1 heterocycles. The van der Waals surface area contributed by atoms with Crippen molar-refractivity contribution in [1.29, 1.82) is 0 Å². The summed E-state index contributed by atoms with van der Waals surface area (Å²) in [5, 5.41) is 36.7. The number of hydrogen-bond donors (Lipinski definition) is 11. The highest BCUT2D eigenvalue weighted by molar-refractivity contribution is 7.98. The fourth-order valence-corrected chi connectivity index (χ4v) is 6.96. The lowest BCUT2D eigenvalue weighted by Crippen LogP contribution is -2.62. The number of carbonyl (C=O) groups excluding carboxylic acids is 7. The monoisotopic (exact) mass is 873 g/mol. The fourth-order valence-electron chi connectivity index (χ4n) is 6.49. The van der Waals surface area contributed by atoms with E-state index in [0.717, 1.165) is 16.5 Å². The van der Waals surface area contributed by atoms with E-state index in [1.54, 1.807) is 72.9 Å². The number of aromatic nitrogens is 1. The number of primary amides is 1. The predicted octanol–water partition coefficient (Wildman–Crippen LogP) is -1.33. The highest BCUT2D eigenvalue weighted by Crippen LogP contribution is 2.20. The number of fused-ring (bicyclic) bond motifs is 1. The van der Waals surface area contributed by atoms with Crippen LogP contribution in [-0.2, 0) is 52.8 Å². The first-order valence-corrected chi connectivity index (χ1v) is 21.3. The lowest BCUT2D eigenvalue weighted by Gasteiger charge is -2.27. The molecule has 0 aliphatic rings. The number of aromatic amines is 1. The number of rotatable bonds is 24. The summed E-state index contributed by atoms with van der Waals surface area (Å²) >= 11 is 1.43. The molecule has 19 heteroatoms. The van der Waals surface area contributed by atoms with Crippen LogP contribution in [-0.4, -0.2) is 124 Å². The fraction of sp³-hybridized carbons (Fsp3) is 0.372. The van der Waals surface area contributed by atoms with Crippen LogP contribution in [0.3, 0.4) is 0 Å². The summed E-state index contributed by atoms with van der Waals surface area (Å²) in [6.45, 7) is -0.138. The molecule has 18 nitrogen and oxygen atoms in total. The largest absolute Gasteiger partial charge is 0.394 e. The third-order valence-corrected chi connectivity index (χ3v) is 10.5. The van der Waals surface area contributed by atoms with Gasteiger partial charge in [0, 0.05) is 29.9 Å². The second-order valence-electron chi connectivity index (χ2n) is 14.7. The van der Waals surface area contributed by atoms with Crippen molar-refractivity contribution in [1.82, 2.24) is 36.9 Å². The average molecular weight is 874 g/mol. The smallest absolute Gasteiger partial charge is 0.245 e. The van der Waals surface area contributed by atoms with E-state index in [9.17, 15) is 43.8 Å². The Morgan fingerprint density at radius 2 is 1.19 bits per heavy atom. The number of para-hydroxylation sites is 1. The minimum Gasteiger partial charge on any atom is -0.394 e. The molecule has 3 aromatic carbocycles. The molecule has 0 fully saturated rings. The number of thioether (sulfide) groups is 1. The summed E-state index contributed by atoms with van der Waals surface area (Å²) in [6.07, 6.45) is 2.22. The molecule has 4 aromatic rings. The molecule has 4 rings (SSSR count).